The van der Waals surface area contributed by atoms with Crippen molar-refractivity contribution in [3.8, 4) is 5.88 Å². The summed E-state index contributed by atoms with van der Waals surface area (Å²) in [6, 6.07) is 6.98. The maximum atomic E-state index is 14.3. The number of likely N-dealkylation sites (tertiary alicyclic amines) is 1. The molecule has 1 aliphatic heterocycles. The van der Waals surface area contributed by atoms with Gasteiger partial charge in [0.25, 0.3) is 5.91 Å². The van der Waals surface area contributed by atoms with E-state index in [1.165, 1.54) is 18.5 Å². The summed E-state index contributed by atoms with van der Waals surface area (Å²) in [5.74, 6) is -0.147. The van der Waals surface area contributed by atoms with Gasteiger partial charge in [-0.3, -0.25) is 9.78 Å². The highest BCUT2D eigenvalue weighted by Crippen LogP contribution is 2.24. The van der Waals surface area contributed by atoms with E-state index in [2.05, 4.69) is 20.3 Å². The number of hydrogen-bond donors (Lipinski definition) is 1. The highest BCUT2D eigenvalue weighted by atomic mass is 32.2. The van der Waals surface area contributed by atoms with Gasteiger partial charge in [0.15, 0.2) is 9.84 Å². The molecule has 0 bridgehead atoms. The van der Waals surface area contributed by atoms with Gasteiger partial charge in [-0.1, -0.05) is 0 Å². The number of hydrogen-bond acceptors (Lipinski definition) is 8. The first-order chi connectivity index (χ1) is 16.2. The molecule has 0 unspecified atom stereocenters. The predicted octanol–water partition coefficient (Wildman–Crippen LogP) is 3.15. The van der Waals surface area contributed by atoms with Gasteiger partial charge in [-0.25, -0.2) is 22.8 Å². The third-order valence-electron chi connectivity index (χ3n) is 5.41. The van der Waals surface area contributed by atoms with Crippen LogP contribution in [0.4, 0.5) is 15.9 Å². The van der Waals surface area contributed by atoms with E-state index < -0.39 is 15.7 Å². The van der Waals surface area contributed by atoms with Crippen LogP contribution in [0.15, 0.2) is 53.9 Å². The van der Waals surface area contributed by atoms with Crippen molar-refractivity contribution in [2.75, 3.05) is 24.7 Å². The lowest BCUT2D eigenvalue weighted by Crippen LogP contribution is -2.41. The third-order valence-corrected chi connectivity index (χ3v) is 6.52. The van der Waals surface area contributed by atoms with Crippen molar-refractivity contribution >= 4 is 27.2 Å². The normalized spacial score (nSPS) is 14.6. The molecule has 0 aliphatic carbocycles. The number of amides is 1. The maximum absolute atomic E-state index is 14.3. The van der Waals surface area contributed by atoms with Crippen molar-refractivity contribution in [3.63, 3.8) is 0 Å². The number of nitrogens with one attached hydrogen (secondary N) is 1. The molecule has 0 saturated carbocycles. The Bertz CT molecular complexity index is 1310. The lowest BCUT2D eigenvalue weighted by atomic mass is 10.1. The number of piperidine rings is 1. The largest absolute Gasteiger partial charge is 0.474 e. The van der Waals surface area contributed by atoms with Crippen molar-refractivity contribution in [3.05, 3.63) is 66.0 Å². The van der Waals surface area contributed by atoms with Crippen LogP contribution in [-0.2, 0) is 9.84 Å². The fourth-order valence-electron chi connectivity index (χ4n) is 3.64. The number of rotatable bonds is 6. The smallest absolute Gasteiger partial charge is 0.255 e. The van der Waals surface area contributed by atoms with E-state index in [4.69, 9.17) is 4.74 Å². The number of pyridine rings is 1. The van der Waals surface area contributed by atoms with E-state index >= 15 is 0 Å². The molecule has 1 fully saturated rings. The zero-order valence-corrected chi connectivity index (χ0v) is 19.5. The monoisotopic (exact) mass is 485 g/mol. The highest BCUT2D eigenvalue weighted by Gasteiger charge is 2.25. The van der Waals surface area contributed by atoms with Crippen LogP contribution >= 0.6 is 0 Å². The molecule has 0 spiro atoms. The number of aryl methyl sites for hydroxylation is 1. The van der Waals surface area contributed by atoms with Crippen molar-refractivity contribution in [1.29, 1.82) is 0 Å². The van der Waals surface area contributed by atoms with E-state index in [1.807, 2.05) is 13.0 Å². The van der Waals surface area contributed by atoms with Crippen molar-refractivity contribution < 1.29 is 22.3 Å². The molecular weight excluding hydrogens is 461 g/mol. The number of carbonyl (C=O) groups excluding carboxylic acids is 1. The molecule has 178 valence electrons. The summed E-state index contributed by atoms with van der Waals surface area (Å²) >= 11 is 0. The summed E-state index contributed by atoms with van der Waals surface area (Å²) in [7, 11) is -3.51. The first-order valence-electron chi connectivity index (χ1n) is 10.7. The number of aromatic nitrogens is 3. The van der Waals surface area contributed by atoms with E-state index in [0.717, 1.165) is 17.9 Å². The highest BCUT2D eigenvalue weighted by molar-refractivity contribution is 7.90. The second-order valence-corrected chi connectivity index (χ2v) is 10.2. The van der Waals surface area contributed by atoms with Crippen LogP contribution in [0, 0.1) is 12.7 Å². The minimum Gasteiger partial charge on any atom is -0.474 e. The van der Waals surface area contributed by atoms with Crippen LogP contribution in [0.2, 0.25) is 0 Å². The molecule has 1 saturated heterocycles. The van der Waals surface area contributed by atoms with E-state index in [0.29, 0.717) is 43.2 Å². The molecule has 3 aromatic rings. The minimum atomic E-state index is -3.51. The second kappa shape index (κ2) is 9.72. The average molecular weight is 486 g/mol. The Kier molecular flexibility index (Phi) is 6.73. The molecule has 1 aliphatic rings. The Morgan fingerprint density at radius 3 is 2.59 bits per heavy atom. The van der Waals surface area contributed by atoms with Crippen LogP contribution < -0.4 is 10.1 Å². The first kappa shape index (κ1) is 23.6. The average Bonchev–Trinajstić information content (AvgIpc) is 2.80. The van der Waals surface area contributed by atoms with Crippen LogP contribution in [0.3, 0.4) is 0 Å². The van der Waals surface area contributed by atoms with Gasteiger partial charge >= 0.3 is 0 Å². The Morgan fingerprint density at radius 1 is 1.15 bits per heavy atom. The minimum absolute atomic E-state index is 0.0490. The molecule has 11 heteroatoms. The van der Waals surface area contributed by atoms with E-state index in [-0.39, 0.29) is 22.6 Å². The van der Waals surface area contributed by atoms with Crippen LogP contribution in [0.1, 0.15) is 28.8 Å². The molecule has 34 heavy (non-hydrogen) atoms. The van der Waals surface area contributed by atoms with E-state index in [1.54, 1.807) is 23.4 Å². The van der Waals surface area contributed by atoms with Crippen LogP contribution in [-0.4, -0.2) is 59.6 Å². The van der Waals surface area contributed by atoms with Gasteiger partial charge < -0.3 is 15.0 Å². The van der Waals surface area contributed by atoms with Gasteiger partial charge in [-0.05, 0) is 36.8 Å². The number of ether oxygens (including phenoxy) is 1. The molecule has 1 N–H and O–H groups in total. The predicted molar refractivity (Wildman–Crippen MR) is 123 cm³/mol. The van der Waals surface area contributed by atoms with Crippen molar-refractivity contribution in [1.82, 2.24) is 19.9 Å². The van der Waals surface area contributed by atoms with Crippen molar-refractivity contribution in [2.45, 2.75) is 30.8 Å². The molecule has 4 rings (SSSR count). The molecular formula is C23H24FN5O4S. The summed E-state index contributed by atoms with van der Waals surface area (Å²) < 4.78 is 43.5. The van der Waals surface area contributed by atoms with Crippen LogP contribution in [0.25, 0.3) is 0 Å². The molecule has 1 amide bonds. The number of sulfone groups is 1. The molecule has 2 aromatic heterocycles. The Labute approximate surface area is 196 Å². The lowest BCUT2D eigenvalue weighted by Gasteiger charge is -2.32. The summed E-state index contributed by atoms with van der Waals surface area (Å²) in [5, 5.41) is 2.81. The number of halogens is 1. The number of carbonyl (C=O) groups is 1. The van der Waals surface area contributed by atoms with Gasteiger partial charge in [0.2, 0.25) is 5.88 Å². The molecule has 3 heterocycles. The SMILES string of the molecule is Cc1cncc(C(=O)N2CCC(Oc3cc(Nc4ccc(S(C)(=O)=O)cc4F)ncn3)CC2)c1. The summed E-state index contributed by atoms with van der Waals surface area (Å²) in [6.07, 6.45) is 6.74. The maximum Gasteiger partial charge on any atom is 0.255 e. The number of benzene rings is 1. The Balaban J connectivity index is 1.36. The molecule has 0 radical (unpaired) electrons. The van der Waals surface area contributed by atoms with E-state index in [9.17, 15) is 17.6 Å². The topological polar surface area (TPSA) is 114 Å². The van der Waals surface area contributed by atoms with Gasteiger partial charge in [-0.15, -0.1) is 0 Å². The van der Waals surface area contributed by atoms with Gasteiger partial charge in [0.05, 0.1) is 16.1 Å². The fraction of sp³-hybridized carbons (Fsp3) is 0.304. The third kappa shape index (κ3) is 5.66. The number of anilines is 2. The summed E-state index contributed by atoms with van der Waals surface area (Å²) in [5.41, 5.74) is 1.58. The standard InChI is InChI=1S/C23H24FN5O4S/c1-15-9-16(13-25-12-15)23(30)29-7-5-17(6-8-29)33-22-11-21(26-14-27-22)28-20-4-3-18(10-19(20)24)34(2,31)32/h3-4,9-14,17H,5-8H2,1-2H3,(H,26,27,28). The second-order valence-electron chi connectivity index (χ2n) is 8.14. The molecule has 9 nitrogen and oxygen atoms in total. The fourth-order valence-corrected chi connectivity index (χ4v) is 4.27. The van der Waals surface area contributed by atoms with Gasteiger partial charge in [0.1, 0.15) is 24.1 Å². The van der Waals surface area contributed by atoms with Gasteiger partial charge in [-0.2, -0.15) is 0 Å². The van der Waals surface area contributed by atoms with Gasteiger partial charge in [0, 0.05) is 50.6 Å². The Morgan fingerprint density at radius 2 is 1.91 bits per heavy atom. The van der Waals surface area contributed by atoms with Crippen LogP contribution in [0.5, 0.6) is 5.88 Å². The zero-order valence-electron chi connectivity index (χ0n) is 18.7. The summed E-state index contributed by atoms with van der Waals surface area (Å²) in [6.45, 7) is 2.99. The molecule has 0 atom stereocenters. The zero-order chi connectivity index (χ0) is 24.3. The first-order valence-corrected chi connectivity index (χ1v) is 12.5. The molecule has 1 aromatic carbocycles. The van der Waals surface area contributed by atoms with Crippen molar-refractivity contribution in [2.24, 2.45) is 0 Å². The summed E-state index contributed by atoms with van der Waals surface area (Å²) in [4.78, 5) is 26.6. The lowest BCUT2D eigenvalue weighted by molar-refractivity contribution is 0.0587. The Hall–Kier alpha value is -3.60. The quantitative estimate of drug-likeness (QED) is 0.566. The number of nitrogens with zero attached hydrogens (tertiary/aromatic N) is 4.